The second-order valence-corrected chi connectivity index (χ2v) is 6.49. The summed E-state index contributed by atoms with van der Waals surface area (Å²) in [6, 6.07) is 11.3. The number of rotatable bonds is 6. The molecule has 2 aromatic rings. The van der Waals surface area contributed by atoms with E-state index in [0.717, 1.165) is 34.5 Å². The number of aryl methyl sites for hydroxylation is 2. The van der Waals surface area contributed by atoms with Gasteiger partial charge in [0.05, 0.1) is 6.61 Å². The largest absolute Gasteiger partial charge is 0.494 e. The summed E-state index contributed by atoms with van der Waals surface area (Å²) >= 11 is 0. The molecule has 0 aliphatic carbocycles. The highest BCUT2D eigenvalue weighted by Crippen LogP contribution is 2.27. The zero-order chi connectivity index (χ0) is 18.5. The van der Waals surface area contributed by atoms with E-state index in [1.165, 1.54) is 0 Å². The molecule has 1 aliphatic rings. The smallest absolute Gasteiger partial charge is 0.311 e. The lowest BCUT2D eigenvalue weighted by Crippen LogP contribution is -2.18. The van der Waals surface area contributed by atoms with Crippen LogP contribution in [-0.2, 0) is 16.0 Å². The van der Waals surface area contributed by atoms with Crippen molar-refractivity contribution in [1.82, 2.24) is 0 Å². The molecule has 1 aliphatic heterocycles. The van der Waals surface area contributed by atoms with Crippen LogP contribution in [0.2, 0.25) is 0 Å². The van der Waals surface area contributed by atoms with Gasteiger partial charge in [-0.15, -0.1) is 0 Å². The Bertz CT molecular complexity index is 829. The van der Waals surface area contributed by atoms with Gasteiger partial charge in [-0.05, 0) is 67.6 Å². The van der Waals surface area contributed by atoms with Gasteiger partial charge < -0.3 is 14.8 Å². The van der Waals surface area contributed by atoms with Gasteiger partial charge in [-0.1, -0.05) is 12.1 Å². The molecule has 0 saturated heterocycles. The van der Waals surface area contributed by atoms with Crippen LogP contribution >= 0.6 is 0 Å². The predicted molar refractivity (Wildman–Crippen MR) is 99.7 cm³/mol. The van der Waals surface area contributed by atoms with Gasteiger partial charge >= 0.3 is 5.97 Å². The minimum Gasteiger partial charge on any atom is -0.494 e. The van der Waals surface area contributed by atoms with Crippen molar-refractivity contribution in [1.29, 1.82) is 0 Å². The number of hydrogen-bond donors (Lipinski definition) is 1. The predicted octanol–water partition coefficient (Wildman–Crippen LogP) is 3.95. The lowest BCUT2D eigenvalue weighted by atomic mass is 10.0. The molecule has 0 spiro atoms. The molecular weight excluding hydrogens is 330 g/mol. The van der Waals surface area contributed by atoms with Gasteiger partial charge in [0, 0.05) is 18.5 Å². The van der Waals surface area contributed by atoms with Crippen molar-refractivity contribution >= 4 is 17.6 Å². The molecule has 1 heterocycles. The fourth-order valence-electron chi connectivity index (χ4n) is 2.86. The van der Waals surface area contributed by atoms with Gasteiger partial charge in [0.2, 0.25) is 5.91 Å². The van der Waals surface area contributed by atoms with E-state index >= 15 is 0 Å². The van der Waals surface area contributed by atoms with Crippen molar-refractivity contribution < 1.29 is 19.1 Å². The van der Waals surface area contributed by atoms with Gasteiger partial charge in [0.25, 0.3) is 0 Å². The van der Waals surface area contributed by atoms with Gasteiger partial charge in [0.1, 0.15) is 11.5 Å². The van der Waals surface area contributed by atoms with E-state index in [1.807, 2.05) is 50.2 Å². The average molecular weight is 353 g/mol. The molecule has 0 bridgehead atoms. The number of hydrogen-bond acceptors (Lipinski definition) is 4. The number of carbonyl (C=O) groups is 2. The van der Waals surface area contributed by atoms with Gasteiger partial charge in [0.15, 0.2) is 0 Å². The molecular formula is C21H23NO4. The maximum Gasteiger partial charge on any atom is 0.311 e. The summed E-state index contributed by atoms with van der Waals surface area (Å²) in [7, 11) is 0. The Balaban J connectivity index is 1.45. The van der Waals surface area contributed by atoms with Gasteiger partial charge in [-0.3, -0.25) is 9.59 Å². The normalized spacial score (nSPS) is 12.9. The van der Waals surface area contributed by atoms with Crippen LogP contribution in [0.5, 0.6) is 11.5 Å². The number of nitrogens with one attached hydrogen (secondary N) is 1. The summed E-state index contributed by atoms with van der Waals surface area (Å²) in [5, 5.41) is 2.85. The molecule has 5 nitrogen and oxygen atoms in total. The molecule has 2 aromatic carbocycles. The van der Waals surface area contributed by atoms with Crippen LogP contribution in [0.3, 0.4) is 0 Å². The van der Waals surface area contributed by atoms with E-state index in [2.05, 4.69) is 5.32 Å². The van der Waals surface area contributed by atoms with Crippen LogP contribution in [0.25, 0.3) is 0 Å². The highest BCUT2D eigenvalue weighted by atomic mass is 16.5. The summed E-state index contributed by atoms with van der Waals surface area (Å²) in [4.78, 5) is 23.4. The molecule has 1 amide bonds. The van der Waals surface area contributed by atoms with Crippen molar-refractivity contribution in [3.63, 3.8) is 0 Å². The standard InChI is InChI=1S/C21H23NO4/c1-14-5-3-6-19(15(14)2)26-21(24)7-4-12-25-17-9-10-18-16(13-17)8-11-20(23)22-18/h3,5-6,9-10,13H,4,7-8,11-12H2,1-2H3,(H,22,23). The van der Waals surface area contributed by atoms with E-state index in [-0.39, 0.29) is 11.9 Å². The molecule has 0 fully saturated rings. The number of amides is 1. The van der Waals surface area contributed by atoms with Crippen LogP contribution in [0, 0.1) is 13.8 Å². The molecule has 26 heavy (non-hydrogen) atoms. The Morgan fingerprint density at radius 1 is 1.15 bits per heavy atom. The molecule has 3 rings (SSSR count). The summed E-state index contributed by atoms with van der Waals surface area (Å²) < 4.78 is 11.1. The fourth-order valence-corrected chi connectivity index (χ4v) is 2.86. The monoisotopic (exact) mass is 353 g/mol. The average Bonchev–Trinajstić information content (AvgIpc) is 2.62. The Morgan fingerprint density at radius 3 is 2.85 bits per heavy atom. The van der Waals surface area contributed by atoms with Crippen LogP contribution in [0.15, 0.2) is 36.4 Å². The molecule has 1 N–H and O–H groups in total. The first-order chi connectivity index (χ1) is 12.5. The molecule has 5 heteroatoms. The van der Waals surface area contributed by atoms with Crippen LogP contribution in [0.1, 0.15) is 36.0 Å². The number of esters is 1. The maximum atomic E-state index is 12.0. The quantitative estimate of drug-likeness (QED) is 0.485. The van der Waals surface area contributed by atoms with Crippen molar-refractivity contribution in [3.05, 3.63) is 53.1 Å². The first kappa shape index (κ1) is 18.0. The number of benzene rings is 2. The van der Waals surface area contributed by atoms with Crippen LogP contribution < -0.4 is 14.8 Å². The van der Waals surface area contributed by atoms with Crippen molar-refractivity contribution in [3.8, 4) is 11.5 Å². The molecule has 0 radical (unpaired) electrons. The summed E-state index contributed by atoms with van der Waals surface area (Å²) in [6.45, 7) is 4.37. The van der Waals surface area contributed by atoms with Crippen molar-refractivity contribution in [2.24, 2.45) is 0 Å². The van der Waals surface area contributed by atoms with Crippen molar-refractivity contribution in [2.75, 3.05) is 11.9 Å². The second kappa shape index (κ2) is 8.04. The maximum absolute atomic E-state index is 12.0. The van der Waals surface area contributed by atoms with Gasteiger partial charge in [-0.25, -0.2) is 0 Å². The highest BCUT2D eigenvalue weighted by molar-refractivity contribution is 5.94. The van der Waals surface area contributed by atoms with Crippen LogP contribution in [0.4, 0.5) is 5.69 Å². The summed E-state index contributed by atoms with van der Waals surface area (Å²) in [5.74, 6) is 1.17. The molecule has 0 aromatic heterocycles. The molecule has 0 atom stereocenters. The van der Waals surface area contributed by atoms with Crippen molar-refractivity contribution in [2.45, 2.75) is 39.5 Å². The lowest BCUT2D eigenvalue weighted by molar-refractivity contribution is -0.134. The Hall–Kier alpha value is -2.82. The zero-order valence-corrected chi connectivity index (χ0v) is 15.1. The Kier molecular flexibility index (Phi) is 5.56. The first-order valence-electron chi connectivity index (χ1n) is 8.85. The summed E-state index contributed by atoms with van der Waals surface area (Å²) in [6.07, 6.45) is 2.10. The SMILES string of the molecule is Cc1cccc(OC(=O)CCCOc2ccc3c(c2)CCC(=O)N3)c1C. The third-order valence-electron chi connectivity index (χ3n) is 4.54. The topological polar surface area (TPSA) is 64.6 Å². The number of carbonyl (C=O) groups excluding carboxylic acids is 2. The zero-order valence-electron chi connectivity index (χ0n) is 15.1. The fraction of sp³-hybridized carbons (Fsp3) is 0.333. The van der Waals surface area contributed by atoms with E-state index in [1.54, 1.807) is 0 Å². The third-order valence-corrected chi connectivity index (χ3v) is 4.54. The lowest BCUT2D eigenvalue weighted by Gasteiger charge is -2.17. The van der Waals surface area contributed by atoms with E-state index < -0.39 is 0 Å². The van der Waals surface area contributed by atoms with Crippen LogP contribution in [-0.4, -0.2) is 18.5 Å². The second-order valence-electron chi connectivity index (χ2n) is 6.49. The third kappa shape index (κ3) is 4.42. The Labute approximate surface area is 153 Å². The molecule has 0 saturated carbocycles. The van der Waals surface area contributed by atoms with Gasteiger partial charge in [-0.2, -0.15) is 0 Å². The Morgan fingerprint density at radius 2 is 2.00 bits per heavy atom. The minimum atomic E-state index is -0.254. The molecule has 0 unspecified atom stereocenters. The number of ether oxygens (including phenoxy) is 2. The first-order valence-corrected chi connectivity index (χ1v) is 8.85. The van der Waals surface area contributed by atoms with E-state index in [9.17, 15) is 9.59 Å². The number of fused-ring (bicyclic) bond motifs is 1. The van der Waals surface area contributed by atoms with E-state index in [4.69, 9.17) is 9.47 Å². The number of anilines is 1. The minimum absolute atomic E-state index is 0.0496. The molecule has 136 valence electrons. The highest BCUT2D eigenvalue weighted by Gasteiger charge is 2.15. The summed E-state index contributed by atoms with van der Waals surface area (Å²) in [5.41, 5.74) is 4.02. The van der Waals surface area contributed by atoms with E-state index in [0.29, 0.717) is 31.6 Å².